The summed E-state index contributed by atoms with van der Waals surface area (Å²) in [5.41, 5.74) is 5.80. The number of nitrogens with zero attached hydrogens (tertiary/aromatic N) is 1. The predicted molar refractivity (Wildman–Crippen MR) is 57.2 cm³/mol. The lowest BCUT2D eigenvalue weighted by molar-refractivity contribution is -0.00127. The van der Waals surface area contributed by atoms with Gasteiger partial charge in [-0.25, -0.2) is 4.39 Å². The van der Waals surface area contributed by atoms with Crippen molar-refractivity contribution in [1.82, 2.24) is 4.90 Å². The highest BCUT2D eigenvalue weighted by Gasteiger charge is 2.49. The monoisotopic (exact) mass is 216 g/mol. The molecular weight excluding hydrogens is 195 g/mol. The lowest BCUT2D eigenvalue weighted by atomic mass is 9.74. The Morgan fingerprint density at radius 2 is 2.00 bits per heavy atom. The molecule has 15 heavy (non-hydrogen) atoms. The number of halogens is 1. The van der Waals surface area contributed by atoms with E-state index in [0.717, 1.165) is 25.9 Å². The molecule has 0 radical (unpaired) electrons. The van der Waals surface area contributed by atoms with E-state index >= 15 is 0 Å². The molecule has 88 valence electrons. The Bertz CT molecular complexity index is 227. The van der Waals surface area contributed by atoms with Gasteiger partial charge in [-0.15, -0.1) is 0 Å². The topological polar surface area (TPSA) is 38.5 Å². The second kappa shape index (κ2) is 4.00. The van der Waals surface area contributed by atoms with Crippen molar-refractivity contribution in [1.29, 1.82) is 0 Å². The molecule has 1 unspecified atom stereocenters. The first-order valence-corrected chi connectivity index (χ1v) is 5.80. The number of likely N-dealkylation sites (tertiary alicyclic amines) is 1. The van der Waals surface area contributed by atoms with E-state index in [1.165, 1.54) is 0 Å². The van der Waals surface area contributed by atoms with Gasteiger partial charge in [0.2, 0.25) is 6.36 Å². The summed E-state index contributed by atoms with van der Waals surface area (Å²) in [6.45, 7) is 6.92. The number of rotatable bonds is 1. The smallest absolute Gasteiger partial charge is 0.214 e. The molecule has 2 atom stereocenters. The van der Waals surface area contributed by atoms with Crippen molar-refractivity contribution in [2.24, 2.45) is 11.1 Å². The molecule has 2 aliphatic rings. The van der Waals surface area contributed by atoms with Crippen molar-refractivity contribution in [3.05, 3.63) is 0 Å². The van der Waals surface area contributed by atoms with Gasteiger partial charge >= 0.3 is 0 Å². The van der Waals surface area contributed by atoms with Crippen LogP contribution in [0, 0.1) is 5.41 Å². The normalized spacial score (nSPS) is 36.6. The molecule has 2 fully saturated rings. The first kappa shape index (κ1) is 11.3. The first-order valence-electron chi connectivity index (χ1n) is 5.80. The second-order valence-electron chi connectivity index (χ2n) is 5.18. The van der Waals surface area contributed by atoms with Crippen LogP contribution in [0.4, 0.5) is 4.39 Å². The fraction of sp³-hybridized carbons (Fsp3) is 1.00. The van der Waals surface area contributed by atoms with Crippen LogP contribution in [0.2, 0.25) is 0 Å². The molecule has 2 saturated heterocycles. The van der Waals surface area contributed by atoms with Gasteiger partial charge in [-0.2, -0.15) is 0 Å². The zero-order chi connectivity index (χ0) is 11.1. The number of alkyl halides is 1. The zero-order valence-corrected chi connectivity index (χ0v) is 9.58. The number of hydrogen-bond donors (Lipinski definition) is 1. The molecule has 2 N–H and O–H groups in total. The third-order valence-electron chi connectivity index (χ3n) is 4.04. The minimum absolute atomic E-state index is 0.0925. The molecule has 0 aromatic rings. The maximum absolute atomic E-state index is 13.2. The van der Waals surface area contributed by atoms with Gasteiger partial charge in [0, 0.05) is 11.5 Å². The van der Waals surface area contributed by atoms with Gasteiger partial charge in [0.05, 0.1) is 12.6 Å². The summed E-state index contributed by atoms with van der Waals surface area (Å²) in [7, 11) is 0. The molecule has 0 aromatic heterocycles. The highest BCUT2D eigenvalue weighted by Crippen LogP contribution is 2.41. The Balaban J connectivity index is 1.98. The van der Waals surface area contributed by atoms with Crippen LogP contribution >= 0.6 is 0 Å². The van der Waals surface area contributed by atoms with Gasteiger partial charge in [0.15, 0.2) is 0 Å². The summed E-state index contributed by atoms with van der Waals surface area (Å²) < 4.78 is 18.3. The summed E-state index contributed by atoms with van der Waals surface area (Å²) in [5.74, 6) is 0. The van der Waals surface area contributed by atoms with Crippen LogP contribution in [0.5, 0.6) is 0 Å². The van der Waals surface area contributed by atoms with E-state index in [4.69, 9.17) is 10.5 Å². The summed E-state index contributed by atoms with van der Waals surface area (Å²) in [4.78, 5) is 2.42. The average molecular weight is 216 g/mol. The quantitative estimate of drug-likeness (QED) is 0.714. The van der Waals surface area contributed by atoms with Crippen molar-refractivity contribution >= 4 is 0 Å². The first-order chi connectivity index (χ1) is 7.05. The number of hydrogen-bond acceptors (Lipinski definition) is 3. The van der Waals surface area contributed by atoms with E-state index in [0.29, 0.717) is 12.6 Å². The Morgan fingerprint density at radius 3 is 2.40 bits per heavy atom. The minimum atomic E-state index is -1.25. The molecule has 0 aromatic carbocycles. The van der Waals surface area contributed by atoms with E-state index in [1.807, 2.05) is 0 Å². The van der Waals surface area contributed by atoms with Crippen LogP contribution < -0.4 is 5.73 Å². The zero-order valence-electron chi connectivity index (χ0n) is 9.58. The van der Waals surface area contributed by atoms with Gasteiger partial charge in [-0.1, -0.05) is 0 Å². The van der Waals surface area contributed by atoms with Gasteiger partial charge in [0.1, 0.15) is 0 Å². The van der Waals surface area contributed by atoms with Gasteiger partial charge < -0.3 is 15.4 Å². The molecule has 1 spiro atoms. The van der Waals surface area contributed by atoms with E-state index in [-0.39, 0.29) is 5.41 Å². The molecule has 2 aliphatic heterocycles. The van der Waals surface area contributed by atoms with Gasteiger partial charge in [-0.3, -0.25) is 0 Å². The summed E-state index contributed by atoms with van der Waals surface area (Å²) >= 11 is 0. The van der Waals surface area contributed by atoms with Crippen LogP contribution in [0.25, 0.3) is 0 Å². The highest BCUT2D eigenvalue weighted by atomic mass is 19.1. The third-order valence-corrected chi connectivity index (χ3v) is 4.04. The molecule has 0 saturated carbocycles. The maximum Gasteiger partial charge on any atom is 0.214 e. The van der Waals surface area contributed by atoms with Crippen LogP contribution in [0.1, 0.15) is 26.7 Å². The molecule has 2 heterocycles. The fourth-order valence-electron chi connectivity index (χ4n) is 2.69. The van der Waals surface area contributed by atoms with Crippen molar-refractivity contribution in [3.63, 3.8) is 0 Å². The van der Waals surface area contributed by atoms with E-state index in [1.54, 1.807) is 0 Å². The second-order valence-corrected chi connectivity index (χ2v) is 5.18. The largest absolute Gasteiger partial charge is 0.346 e. The predicted octanol–water partition coefficient (Wildman–Crippen LogP) is 1.13. The average Bonchev–Trinajstić information content (AvgIpc) is 2.48. The van der Waals surface area contributed by atoms with Gasteiger partial charge in [0.25, 0.3) is 0 Å². The molecule has 2 rings (SSSR count). The molecule has 0 aliphatic carbocycles. The Morgan fingerprint density at radius 1 is 1.40 bits per heavy atom. The van der Waals surface area contributed by atoms with E-state index < -0.39 is 12.4 Å². The lowest BCUT2D eigenvalue weighted by Crippen LogP contribution is -2.51. The van der Waals surface area contributed by atoms with Crippen molar-refractivity contribution in [2.75, 3.05) is 19.7 Å². The molecule has 3 nitrogen and oxygen atoms in total. The number of nitrogens with two attached hydrogens (primary N) is 1. The maximum atomic E-state index is 13.2. The van der Waals surface area contributed by atoms with Crippen LogP contribution in [0.3, 0.4) is 0 Å². The van der Waals surface area contributed by atoms with Crippen molar-refractivity contribution < 1.29 is 9.13 Å². The van der Waals surface area contributed by atoms with E-state index in [9.17, 15) is 4.39 Å². The molecular formula is C11H21FN2O. The molecule has 4 heteroatoms. The van der Waals surface area contributed by atoms with Crippen LogP contribution in [0.15, 0.2) is 0 Å². The summed E-state index contributed by atoms with van der Waals surface area (Å²) in [5, 5.41) is 0. The van der Waals surface area contributed by atoms with Crippen LogP contribution in [-0.2, 0) is 4.74 Å². The van der Waals surface area contributed by atoms with E-state index in [2.05, 4.69) is 18.7 Å². The molecule has 0 amide bonds. The summed E-state index contributed by atoms with van der Waals surface area (Å²) in [6, 6.07) is 0.147. The van der Waals surface area contributed by atoms with Crippen LogP contribution in [-0.4, -0.2) is 43.0 Å². The number of piperidine rings is 1. The SMILES string of the molecule is CC(C)N1CCC2(CC1)COC(F)[C@H]2N. The minimum Gasteiger partial charge on any atom is -0.346 e. The fourth-order valence-corrected chi connectivity index (χ4v) is 2.69. The standard InChI is InChI=1S/C11H21FN2O/c1-8(2)14-5-3-11(4-6-14)7-15-10(12)9(11)13/h8-10H,3-7,13H2,1-2H3/t9-,10?/m1/s1. The third kappa shape index (κ3) is 1.90. The Kier molecular flexibility index (Phi) is 3.01. The van der Waals surface area contributed by atoms with Crippen molar-refractivity contribution in [2.45, 2.75) is 45.1 Å². The number of ether oxygens (including phenoxy) is 1. The van der Waals surface area contributed by atoms with Crippen molar-refractivity contribution in [3.8, 4) is 0 Å². The Hall–Kier alpha value is -0.190. The summed E-state index contributed by atoms with van der Waals surface area (Å²) in [6.07, 6.45) is 0.676. The van der Waals surface area contributed by atoms with Gasteiger partial charge in [-0.05, 0) is 39.8 Å². The Labute approximate surface area is 90.8 Å². The highest BCUT2D eigenvalue weighted by molar-refractivity contribution is 4.99. The lowest BCUT2D eigenvalue weighted by Gasteiger charge is -2.42. The molecule has 0 bridgehead atoms.